The smallest absolute Gasteiger partial charge is 0.360 e. The first-order valence-corrected chi connectivity index (χ1v) is 10.1. The Balaban J connectivity index is 1.86. The minimum absolute atomic E-state index is 0.00252. The Hall–Kier alpha value is -3.48. The molecule has 2 aromatic carbocycles. The summed E-state index contributed by atoms with van der Waals surface area (Å²) in [6.45, 7) is 7.75. The molecule has 0 N–H and O–H groups in total. The number of esters is 1. The second-order valence-electron chi connectivity index (χ2n) is 8.45. The highest BCUT2D eigenvalue weighted by molar-refractivity contribution is 6.02. The average Bonchev–Trinajstić information content (AvgIpc) is 2.74. The van der Waals surface area contributed by atoms with Gasteiger partial charge < -0.3 is 9.64 Å². The van der Waals surface area contributed by atoms with Gasteiger partial charge >= 0.3 is 5.97 Å². The van der Waals surface area contributed by atoms with Gasteiger partial charge in [-0.15, -0.1) is 0 Å². The van der Waals surface area contributed by atoms with Gasteiger partial charge in [0.1, 0.15) is 0 Å². The Morgan fingerprint density at radius 1 is 1.03 bits per heavy atom. The molecule has 7 nitrogen and oxygen atoms in total. The third-order valence-corrected chi connectivity index (χ3v) is 5.04. The van der Waals surface area contributed by atoms with Gasteiger partial charge in [-0.3, -0.25) is 9.59 Å². The lowest BCUT2D eigenvalue weighted by Crippen LogP contribution is -2.49. The molecule has 1 aromatic heterocycles. The summed E-state index contributed by atoms with van der Waals surface area (Å²) in [5.41, 5.74) is 0.200. The topological polar surface area (TPSA) is 81.5 Å². The van der Waals surface area contributed by atoms with Crippen molar-refractivity contribution in [3.63, 3.8) is 0 Å². The van der Waals surface area contributed by atoms with E-state index in [1.54, 1.807) is 36.1 Å². The van der Waals surface area contributed by atoms with Crippen molar-refractivity contribution in [1.82, 2.24) is 14.7 Å². The van der Waals surface area contributed by atoms with Gasteiger partial charge in [0.2, 0.25) is 0 Å². The molecule has 1 heterocycles. The maximum Gasteiger partial charge on any atom is 0.360 e. The van der Waals surface area contributed by atoms with E-state index in [1.165, 1.54) is 7.05 Å². The number of benzene rings is 2. The van der Waals surface area contributed by atoms with E-state index in [9.17, 15) is 14.4 Å². The van der Waals surface area contributed by atoms with E-state index in [2.05, 4.69) is 5.10 Å². The quantitative estimate of drug-likeness (QED) is 0.591. The highest BCUT2D eigenvalue weighted by Crippen LogP contribution is 2.21. The van der Waals surface area contributed by atoms with Crippen molar-refractivity contribution in [2.75, 3.05) is 0 Å². The summed E-state index contributed by atoms with van der Waals surface area (Å²) in [5.74, 6) is -1.06. The van der Waals surface area contributed by atoms with E-state index in [0.29, 0.717) is 17.3 Å². The largest absolute Gasteiger partial charge is 0.448 e. The van der Waals surface area contributed by atoms with Gasteiger partial charge in [-0.2, -0.15) is 5.10 Å². The van der Waals surface area contributed by atoms with Gasteiger partial charge in [-0.25, -0.2) is 9.48 Å². The van der Waals surface area contributed by atoms with Crippen LogP contribution >= 0.6 is 0 Å². The van der Waals surface area contributed by atoms with Crippen molar-refractivity contribution in [3.05, 3.63) is 76.2 Å². The summed E-state index contributed by atoms with van der Waals surface area (Å²) in [7, 11) is 1.47. The number of hydrogen-bond donors (Lipinski definition) is 0. The van der Waals surface area contributed by atoms with Crippen LogP contribution in [0.2, 0.25) is 0 Å². The van der Waals surface area contributed by atoms with Crippen LogP contribution in [0.3, 0.4) is 0 Å². The van der Waals surface area contributed by atoms with Crippen LogP contribution in [0.4, 0.5) is 0 Å². The van der Waals surface area contributed by atoms with Crippen LogP contribution < -0.4 is 5.56 Å². The Labute approximate surface area is 181 Å². The molecule has 1 atom stereocenters. The number of carbonyl (C=O) groups is 2. The fraction of sp³-hybridized carbons (Fsp3) is 0.333. The second-order valence-corrected chi connectivity index (χ2v) is 8.45. The predicted molar refractivity (Wildman–Crippen MR) is 119 cm³/mol. The number of fused-ring (bicyclic) bond motifs is 1. The summed E-state index contributed by atoms with van der Waals surface area (Å²) in [4.78, 5) is 40.1. The van der Waals surface area contributed by atoms with Gasteiger partial charge in [-0.05, 0) is 39.3 Å². The molecule has 162 valence electrons. The van der Waals surface area contributed by atoms with Crippen LogP contribution in [-0.2, 0) is 23.1 Å². The Morgan fingerprint density at radius 2 is 1.61 bits per heavy atom. The SMILES string of the molecule is C[C@H](OC(=O)c1nn(C)c(=O)c2ccccc12)C(=O)N(Cc1ccccc1)C(C)(C)C. The van der Waals surface area contributed by atoms with Gasteiger partial charge in [0.25, 0.3) is 11.5 Å². The molecule has 3 rings (SSSR count). The molecule has 0 aliphatic heterocycles. The van der Waals surface area contributed by atoms with Crippen molar-refractivity contribution >= 4 is 22.6 Å². The summed E-state index contributed by atoms with van der Waals surface area (Å²) in [5, 5.41) is 4.84. The number of amides is 1. The number of aromatic nitrogens is 2. The number of carbonyl (C=O) groups excluding carboxylic acids is 2. The third kappa shape index (κ3) is 4.82. The van der Waals surface area contributed by atoms with E-state index in [1.807, 2.05) is 51.1 Å². The number of hydrogen-bond acceptors (Lipinski definition) is 5. The summed E-state index contributed by atoms with van der Waals surface area (Å²) in [6.07, 6.45) is -1.02. The van der Waals surface area contributed by atoms with Crippen molar-refractivity contribution in [2.45, 2.75) is 45.9 Å². The molecular weight excluding hydrogens is 394 g/mol. The number of ether oxygens (including phenoxy) is 1. The predicted octanol–water partition coefficient (Wildman–Crippen LogP) is 3.31. The molecular formula is C24H27N3O4. The molecule has 7 heteroatoms. The van der Waals surface area contributed by atoms with Crippen LogP contribution in [-0.4, -0.2) is 38.2 Å². The molecule has 0 spiro atoms. The molecule has 0 aliphatic carbocycles. The zero-order chi connectivity index (χ0) is 22.8. The van der Waals surface area contributed by atoms with Crippen molar-refractivity contribution < 1.29 is 14.3 Å². The molecule has 0 saturated heterocycles. The lowest BCUT2D eigenvalue weighted by molar-refractivity contribution is -0.145. The molecule has 1 amide bonds. The van der Waals surface area contributed by atoms with Crippen molar-refractivity contribution in [1.29, 1.82) is 0 Å². The van der Waals surface area contributed by atoms with E-state index in [0.717, 1.165) is 10.2 Å². The Bertz CT molecular complexity index is 1160. The molecule has 0 bridgehead atoms. The normalized spacial score (nSPS) is 12.4. The van der Waals surface area contributed by atoms with Gasteiger partial charge in [0, 0.05) is 24.5 Å². The van der Waals surface area contributed by atoms with Crippen LogP contribution in [0.15, 0.2) is 59.4 Å². The minimum Gasteiger partial charge on any atom is -0.448 e. The lowest BCUT2D eigenvalue weighted by Gasteiger charge is -2.37. The monoisotopic (exact) mass is 421 g/mol. The minimum atomic E-state index is -1.02. The van der Waals surface area contributed by atoms with Gasteiger partial charge in [-0.1, -0.05) is 48.5 Å². The Morgan fingerprint density at radius 3 is 2.23 bits per heavy atom. The number of nitrogens with zero attached hydrogens (tertiary/aromatic N) is 3. The van der Waals surface area contributed by atoms with Crippen LogP contribution in [0.1, 0.15) is 43.7 Å². The van der Waals surface area contributed by atoms with E-state index < -0.39 is 17.6 Å². The van der Waals surface area contributed by atoms with Crippen LogP contribution in [0, 0.1) is 0 Å². The fourth-order valence-corrected chi connectivity index (χ4v) is 3.35. The van der Waals surface area contributed by atoms with Gasteiger partial charge in [0.15, 0.2) is 11.8 Å². The summed E-state index contributed by atoms with van der Waals surface area (Å²) >= 11 is 0. The van der Waals surface area contributed by atoms with E-state index in [-0.39, 0.29) is 17.2 Å². The summed E-state index contributed by atoms with van der Waals surface area (Å²) in [6, 6.07) is 16.4. The van der Waals surface area contributed by atoms with Crippen molar-refractivity contribution in [2.24, 2.45) is 7.05 Å². The number of rotatable bonds is 5. The first-order chi connectivity index (χ1) is 14.6. The first-order valence-electron chi connectivity index (χ1n) is 10.1. The molecule has 0 aliphatic rings. The zero-order valence-corrected chi connectivity index (χ0v) is 18.5. The molecule has 0 unspecified atom stereocenters. The van der Waals surface area contributed by atoms with E-state index >= 15 is 0 Å². The maximum atomic E-state index is 13.2. The highest BCUT2D eigenvalue weighted by Gasteiger charge is 2.32. The third-order valence-electron chi connectivity index (χ3n) is 5.04. The molecule has 0 fully saturated rings. The lowest BCUT2D eigenvalue weighted by atomic mass is 10.0. The average molecular weight is 421 g/mol. The van der Waals surface area contributed by atoms with Crippen molar-refractivity contribution in [3.8, 4) is 0 Å². The molecule has 31 heavy (non-hydrogen) atoms. The number of aryl methyl sites for hydroxylation is 1. The summed E-state index contributed by atoms with van der Waals surface area (Å²) < 4.78 is 6.61. The second kappa shape index (κ2) is 8.71. The Kier molecular flexibility index (Phi) is 6.24. The van der Waals surface area contributed by atoms with Crippen LogP contribution in [0.5, 0.6) is 0 Å². The first kappa shape index (κ1) is 22.2. The standard InChI is InChI=1S/C24H27N3O4/c1-16(21(28)27(24(2,3)4)15-17-11-7-6-8-12-17)31-23(30)20-18-13-9-10-14-19(18)22(29)26(5)25-20/h6-14,16H,15H2,1-5H3/t16-/m0/s1. The fourth-order valence-electron chi connectivity index (χ4n) is 3.35. The molecule has 0 radical (unpaired) electrons. The van der Waals surface area contributed by atoms with Crippen LogP contribution in [0.25, 0.3) is 10.8 Å². The highest BCUT2D eigenvalue weighted by atomic mass is 16.5. The zero-order valence-electron chi connectivity index (χ0n) is 18.5. The van der Waals surface area contributed by atoms with Gasteiger partial charge in [0.05, 0.1) is 5.39 Å². The molecule has 0 saturated carbocycles. The molecule has 3 aromatic rings. The van der Waals surface area contributed by atoms with E-state index in [4.69, 9.17) is 4.74 Å². The maximum absolute atomic E-state index is 13.2.